The molecule has 5 rings (SSSR count). The summed E-state index contributed by atoms with van der Waals surface area (Å²) in [6, 6.07) is 17.4. The number of nitrogens with one attached hydrogen (secondary N) is 2. The summed E-state index contributed by atoms with van der Waals surface area (Å²) in [4.78, 5) is 44.1. The maximum Gasteiger partial charge on any atom is 0.290 e. The summed E-state index contributed by atoms with van der Waals surface area (Å²) in [5, 5.41) is 6.97. The predicted octanol–water partition coefficient (Wildman–Crippen LogP) is 3.83. The number of fused-ring (bicyclic) bond motifs is 1. The van der Waals surface area contributed by atoms with Crippen molar-refractivity contribution in [2.75, 3.05) is 13.1 Å². The van der Waals surface area contributed by atoms with Crippen molar-refractivity contribution < 1.29 is 18.8 Å². The quantitative estimate of drug-likeness (QED) is 0.435. The normalized spacial score (nSPS) is 19.2. The number of furan rings is 1. The molecule has 3 aromatic rings. The minimum atomic E-state index is -0.750. The third-order valence-electron chi connectivity index (χ3n) is 7.76. The van der Waals surface area contributed by atoms with E-state index in [1.54, 1.807) is 34.1 Å². The minimum Gasteiger partial charge on any atom is -0.459 e. The van der Waals surface area contributed by atoms with E-state index in [9.17, 15) is 14.4 Å². The Balaban J connectivity index is 1.31. The van der Waals surface area contributed by atoms with E-state index in [0.29, 0.717) is 43.9 Å². The van der Waals surface area contributed by atoms with E-state index in [1.807, 2.05) is 44.2 Å². The summed E-state index contributed by atoms with van der Waals surface area (Å²) in [5.41, 5.74) is 3.22. The molecule has 210 valence electrons. The van der Waals surface area contributed by atoms with Crippen LogP contribution < -0.4 is 10.6 Å². The number of carbonyl (C=O) groups is 3. The summed E-state index contributed by atoms with van der Waals surface area (Å²) in [7, 11) is 0. The van der Waals surface area contributed by atoms with Crippen molar-refractivity contribution in [3.63, 3.8) is 0 Å². The van der Waals surface area contributed by atoms with E-state index in [1.165, 1.54) is 11.8 Å². The minimum absolute atomic E-state index is 0.0672. The summed E-state index contributed by atoms with van der Waals surface area (Å²) in [6.45, 7) is 5.42. The van der Waals surface area contributed by atoms with Crippen molar-refractivity contribution in [2.45, 2.75) is 63.8 Å². The highest BCUT2D eigenvalue weighted by molar-refractivity contribution is 6.30. The molecule has 1 fully saturated rings. The standard InChI is InChI=1S/C31H35ClN4O4/c1-20(2)36(31(39)28-8-5-15-40-28)25-13-14-35(19-25)30(38)27(16-21-9-11-24(32)12-10-21)34-29(37)26-17-22-6-3-4-7-23(22)18-33-26/h3-12,15,20,25-27,33H,13-14,16-19H2,1-2H3,(H,34,37)/t25-,26+,27+/m0/s1. The van der Waals surface area contributed by atoms with E-state index in [2.05, 4.69) is 16.7 Å². The van der Waals surface area contributed by atoms with Crippen LogP contribution in [0.3, 0.4) is 0 Å². The van der Waals surface area contributed by atoms with Gasteiger partial charge in [-0.15, -0.1) is 0 Å². The highest BCUT2D eigenvalue weighted by Crippen LogP contribution is 2.23. The highest BCUT2D eigenvalue weighted by atomic mass is 35.5. The van der Waals surface area contributed by atoms with Crippen LogP contribution in [0.1, 0.15) is 47.5 Å². The molecular weight excluding hydrogens is 528 g/mol. The van der Waals surface area contributed by atoms with E-state index in [4.69, 9.17) is 16.0 Å². The summed E-state index contributed by atoms with van der Waals surface area (Å²) >= 11 is 6.08. The zero-order valence-electron chi connectivity index (χ0n) is 22.8. The van der Waals surface area contributed by atoms with Crippen molar-refractivity contribution in [3.8, 4) is 0 Å². The molecule has 0 spiro atoms. The van der Waals surface area contributed by atoms with Crippen LogP contribution >= 0.6 is 11.6 Å². The summed E-state index contributed by atoms with van der Waals surface area (Å²) in [6.07, 6.45) is 3.04. The lowest BCUT2D eigenvalue weighted by atomic mass is 9.95. The first-order chi connectivity index (χ1) is 19.3. The molecule has 2 aliphatic heterocycles. The smallest absolute Gasteiger partial charge is 0.290 e. The monoisotopic (exact) mass is 562 g/mol. The largest absolute Gasteiger partial charge is 0.459 e. The molecule has 0 saturated carbocycles. The van der Waals surface area contributed by atoms with Crippen molar-refractivity contribution in [3.05, 3.63) is 94.4 Å². The first-order valence-electron chi connectivity index (χ1n) is 13.8. The van der Waals surface area contributed by atoms with Crippen molar-refractivity contribution >= 4 is 29.3 Å². The molecular formula is C31H35ClN4O4. The molecule has 40 heavy (non-hydrogen) atoms. The number of benzene rings is 2. The van der Waals surface area contributed by atoms with Gasteiger partial charge in [0.1, 0.15) is 6.04 Å². The molecule has 1 saturated heterocycles. The van der Waals surface area contributed by atoms with Crippen LogP contribution in [0.15, 0.2) is 71.3 Å². The van der Waals surface area contributed by atoms with Crippen LogP contribution in [0.2, 0.25) is 5.02 Å². The average Bonchev–Trinajstić information content (AvgIpc) is 3.66. The number of hydrogen-bond donors (Lipinski definition) is 2. The maximum absolute atomic E-state index is 13.9. The molecule has 2 aromatic carbocycles. The van der Waals surface area contributed by atoms with Crippen LogP contribution in [0, 0.1) is 0 Å². The number of hydrogen-bond acceptors (Lipinski definition) is 5. The van der Waals surface area contributed by atoms with Gasteiger partial charge < -0.3 is 24.9 Å². The fraction of sp³-hybridized carbons (Fsp3) is 0.387. The van der Waals surface area contributed by atoms with E-state index in [-0.39, 0.29) is 35.6 Å². The zero-order chi connectivity index (χ0) is 28.2. The Kier molecular flexibility index (Phi) is 8.57. The molecule has 3 heterocycles. The Bertz CT molecular complexity index is 1340. The Morgan fingerprint density at radius 1 is 1.07 bits per heavy atom. The molecule has 0 radical (unpaired) electrons. The number of nitrogens with zero attached hydrogens (tertiary/aromatic N) is 2. The maximum atomic E-state index is 13.9. The fourth-order valence-electron chi connectivity index (χ4n) is 5.71. The third-order valence-corrected chi connectivity index (χ3v) is 8.01. The SMILES string of the molecule is CC(C)N(C(=O)c1ccco1)[C@H]1CCN(C(=O)[C@@H](Cc2ccc(Cl)cc2)NC(=O)[C@H]2Cc3ccccc3CN2)C1. The van der Waals surface area contributed by atoms with Gasteiger partial charge >= 0.3 is 0 Å². The van der Waals surface area contributed by atoms with Gasteiger partial charge in [0.25, 0.3) is 5.91 Å². The first kappa shape index (κ1) is 27.9. The third kappa shape index (κ3) is 6.24. The number of halogens is 1. The Hall–Kier alpha value is -3.62. The molecule has 2 aliphatic rings. The molecule has 0 bridgehead atoms. The van der Waals surface area contributed by atoms with E-state index in [0.717, 1.165) is 11.1 Å². The lowest BCUT2D eigenvalue weighted by Gasteiger charge is -2.33. The van der Waals surface area contributed by atoms with Crippen molar-refractivity contribution in [1.82, 2.24) is 20.4 Å². The molecule has 9 heteroatoms. The van der Waals surface area contributed by atoms with Crippen LogP contribution in [-0.2, 0) is 29.0 Å². The average molecular weight is 563 g/mol. The first-order valence-corrected chi connectivity index (χ1v) is 14.2. The number of amides is 3. The fourth-order valence-corrected chi connectivity index (χ4v) is 5.83. The van der Waals surface area contributed by atoms with Gasteiger partial charge in [0.15, 0.2) is 5.76 Å². The second-order valence-electron chi connectivity index (χ2n) is 10.8. The van der Waals surface area contributed by atoms with Gasteiger partial charge in [-0.1, -0.05) is 48.0 Å². The molecule has 0 aliphatic carbocycles. The topological polar surface area (TPSA) is 94.9 Å². The number of carbonyl (C=O) groups excluding carboxylic acids is 3. The molecule has 2 N–H and O–H groups in total. The van der Waals surface area contributed by atoms with Crippen LogP contribution in [0.4, 0.5) is 0 Å². The highest BCUT2D eigenvalue weighted by Gasteiger charge is 2.38. The van der Waals surface area contributed by atoms with E-state index < -0.39 is 12.1 Å². The van der Waals surface area contributed by atoms with E-state index >= 15 is 0 Å². The predicted molar refractivity (Wildman–Crippen MR) is 153 cm³/mol. The molecule has 1 aromatic heterocycles. The Morgan fingerprint density at radius 2 is 1.82 bits per heavy atom. The van der Waals surface area contributed by atoms with Crippen LogP contribution in [0.25, 0.3) is 0 Å². The van der Waals surface area contributed by atoms with Gasteiger partial charge in [-0.25, -0.2) is 0 Å². The van der Waals surface area contributed by atoms with Gasteiger partial charge in [0, 0.05) is 37.1 Å². The molecule has 3 atom stereocenters. The van der Waals surface area contributed by atoms with Gasteiger partial charge in [-0.3, -0.25) is 14.4 Å². The van der Waals surface area contributed by atoms with Gasteiger partial charge in [-0.2, -0.15) is 0 Å². The molecule has 8 nitrogen and oxygen atoms in total. The molecule has 0 unspecified atom stereocenters. The Labute approximate surface area is 239 Å². The van der Waals surface area contributed by atoms with Gasteiger partial charge in [0.05, 0.1) is 18.3 Å². The van der Waals surface area contributed by atoms with Crippen molar-refractivity contribution in [2.24, 2.45) is 0 Å². The number of likely N-dealkylation sites (tertiary alicyclic amines) is 1. The van der Waals surface area contributed by atoms with Crippen LogP contribution in [-0.4, -0.2) is 64.8 Å². The van der Waals surface area contributed by atoms with Crippen LogP contribution in [0.5, 0.6) is 0 Å². The zero-order valence-corrected chi connectivity index (χ0v) is 23.6. The Morgan fingerprint density at radius 3 is 2.52 bits per heavy atom. The van der Waals surface area contributed by atoms with Gasteiger partial charge in [-0.05, 0) is 67.6 Å². The summed E-state index contributed by atoms with van der Waals surface area (Å²) < 4.78 is 5.36. The second-order valence-corrected chi connectivity index (χ2v) is 11.2. The summed E-state index contributed by atoms with van der Waals surface area (Å²) in [5.74, 6) is -0.257. The molecule has 3 amide bonds. The van der Waals surface area contributed by atoms with Crippen molar-refractivity contribution in [1.29, 1.82) is 0 Å². The lowest BCUT2D eigenvalue weighted by molar-refractivity contribution is -0.136. The lowest BCUT2D eigenvalue weighted by Crippen LogP contribution is -2.55. The second kappa shape index (κ2) is 12.3. The number of rotatable bonds is 8. The van der Waals surface area contributed by atoms with Gasteiger partial charge in [0.2, 0.25) is 11.8 Å².